The number of nitrogens with zero attached hydrogens (tertiary/aromatic N) is 2. The minimum absolute atomic E-state index is 0.215. The Morgan fingerprint density at radius 2 is 2.20 bits per heavy atom. The zero-order valence-electron chi connectivity index (χ0n) is 8.49. The molecule has 0 spiro atoms. The standard InChI is InChI=1S/C10H15ClN4/c11-10-13-6-5-9(15-10)14-8-4-2-1-3-7(8)12/h5-8H,1-4,12H2,(H,13,14,15)/t7-,8-/m0/s1. The highest BCUT2D eigenvalue weighted by Gasteiger charge is 2.21. The molecule has 1 aliphatic carbocycles. The number of hydrogen-bond donors (Lipinski definition) is 2. The summed E-state index contributed by atoms with van der Waals surface area (Å²) in [7, 11) is 0. The van der Waals surface area contributed by atoms with E-state index >= 15 is 0 Å². The SMILES string of the molecule is N[C@H]1CCCC[C@@H]1Nc1ccnc(Cl)n1. The van der Waals surface area contributed by atoms with Crippen LogP contribution in [0.2, 0.25) is 5.28 Å². The zero-order chi connectivity index (χ0) is 10.7. The van der Waals surface area contributed by atoms with Gasteiger partial charge in [-0.3, -0.25) is 0 Å². The van der Waals surface area contributed by atoms with Crippen molar-refractivity contribution in [1.82, 2.24) is 9.97 Å². The minimum atomic E-state index is 0.215. The van der Waals surface area contributed by atoms with Gasteiger partial charge in [0.1, 0.15) is 5.82 Å². The van der Waals surface area contributed by atoms with Crippen LogP contribution >= 0.6 is 11.6 Å². The number of rotatable bonds is 2. The van der Waals surface area contributed by atoms with Gasteiger partial charge in [0.15, 0.2) is 0 Å². The number of nitrogens with two attached hydrogens (primary N) is 1. The lowest BCUT2D eigenvalue weighted by atomic mass is 9.91. The summed E-state index contributed by atoms with van der Waals surface area (Å²) in [6.45, 7) is 0. The first-order valence-corrected chi connectivity index (χ1v) is 5.64. The van der Waals surface area contributed by atoms with E-state index in [9.17, 15) is 0 Å². The van der Waals surface area contributed by atoms with Crippen LogP contribution in [0.15, 0.2) is 12.3 Å². The van der Waals surface area contributed by atoms with Gasteiger partial charge in [-0.1, -0.05) is 12.8 Å². The molecule has 0 aromatic carbocycles. The number of nitrogens with one attached hydrogen (secondary N) is 1. The third-order valence-corrected chi connectivity index (χ3v) is 2.96. The quantitative estimate of drug-likeness (QED) is 0.755. The molecule has 2 atom stereocenters. The Morgan fingerprint density at radius 3 is 2.93 bits per heavy atom. The molecule has 2 rings (SSSR count). The van der Waals surface area contributed by atoms with Gasteiger partial charge < -0.3 is 11.1 Å². The lowest BCUT2D eigenvalue weighted by Gasteiger charge is -2.29. The van der Waals surface area contributed by atoms with Gasteiger partial charge in [-0.25, -0.2) is 9.97 Å². The fraction of sp³-hybridized carbons (Fsp3) is 0.600. The van der Waals surface area contributed by atoms with E-state index in [0.717, 1.165) is 18.7 Å². The average molecular weight is 227 g/mol. The van der Waals surface area contributed by atoms with Crippen LogP contribution in [-0.2, 0) is 0 Å². The van der Waals surface area contributed by atoms with Crippen molar-refractivity contribution in [3.8, 4) is 0 Å². The van der Waals surface area contributed by atoms with Crippen molar-refractivity contribution in [1.29, 1.82) is 0 Å². The van der Waals surface area contributed by atoms with Crippen LogP contribution in [0.3, 0.4) is 0 Å². The number of anilines is 1. The van der Waals surface area contributed by atoms with Gasteiger partial charge in [0.05, 0.1) is 0 Å². The molecule has 5 heteroatoms. The van der Waals surface area contributed by atoms with E-state index in [4.69, 9.17) is 17.3 Å². The van der Waals surface area contributed by atoms with Gasteiger partial charge in [0, 0.05) is 18.3 Å². The monoisotopic (exact) mass is 226 g/mol. The molecule has 0 bridgehead atoms. The molecule has 1 aliphatic rings. The summed E-state index contributed by atoms with van der Waals surface area (Å²) in [5.41, 5.74) is 6.03. The van der Waals surface area contributed by atoms with Crippen molar-refractivity contribution in [2.24, 2.45) is 5.73 Å². The van der Waals surface area contributed by atoms with Crippen molar-refractivity contribution >= 4 is 17.4 Å². The van der Waals surface area contributed by atoms with Crippen LogP contribution in [0.1, 0.15) is 25.7 Å². The highest BCUT2D eigenvalue weighted by Crippen LogP contribution is 2.20. The molecule has 1 fully saturated rings. The second-order valence-corrected chi connectivity index (χ2v) is 4.25. The lowest BCUT2D eigenvalue weighted by Crippen LogP contribution is -2.42. The normalized spacial score (nSPS) is 26.3. The van der Waals surface area contributed by atoms with E-state index in [0.29, 0.717) is 6.04 Å². The molecule has 4 nitrogen and oxygen atoms in total. The molecule has 15 heavy (non-hydrogen) atoms. The highest BCUT2D eigenvalue weighted by atomic mass is 35.5. The van der Waals surface area contributed by atoms with E-state index < -0.39 is 0 Å². The van der Waals surface area contributed by atoms with Gasteiger partial charge in [-0.15, -0.1) is 0 Å². The van der Waals surface area contributed by atoms with Crippen LogP contribution in [-0.4, -0.2) is 22.1 Å². The lowest BCUT2D eigenvalue weighted by molar-refractivity contribution is 0.403. The molecule has 0 radical (unpaired) electrons. The first-order chi connectivity index (χ1) is 7.25. The number of hydrogen-bond acceptors (Lipinski definition) is 4. The van der Waals surface area contributed by atoms with Gasteiger partial charge in [0.2, 0.25) is 5.28 Å². The fourth-order valence-electron chi connectivity index (χ4n) is 1.94. The molecule has 0 amide bonds. The van der Waals surface area contributed by atoms with E-state index in [1.165, 1.54) is 12.8 Å². The summed E-state index contributed by atoms with van der Waals surface area (Å²) in [6.07, 6.45) is 6.28. The van der Waals surface area contributed by atoms with Crippen molar-refractivity contribution in [3.63, 3.8) is 0 Å². The smallest absolute Gasteiger partial charge is 0.224 e. The Labute approximate surface area is 94.2 Å². The Bertz CT molecular complexity index is 331. The Kier molecular flexibility index (Phi) is 3.38. The zero-order valence-corrected chi connectivity index (χ0v) is 9.24. The summed E-state index contributed by atoms with van der Waals surface area (Å²) in [5.74, 6) is 0.761. The Morgan fingerprint density at radius 1 is 1.40 bits per heavy atom. The van der Waals surface area contributed by atoms with Crippen LogP contribution in [0, 0.1) is 0 Å². The molecule has 1 heterocycles. The predicted molar refractivity (Wildman–Crippen MR) is 60.9 cm³/mol. The van der Waals surface area contributed by atoms with Gasteiger partial charge in [-0.05, 0) is 30.5 Å². The predicted octanol–water partition coefficient (Wildman–Crippen LogP) is 1.81. The Balaban J connectivity index is 2.01. The summed E-state index contributed by atoms with van der Waals surface area (Å²) >= 11 is 5.71. The third kappa shape index (κ3) is 2.79. The largest absolute Gasteiger partial charge is 0.366 e. The second kappa shape index (κ2) is 4.77. The minimum Gasteiger partial charge on any atom is -0.366 e. The molecule has 1 aromatic rings. The van der Waals surface area contributed by atoms with Crippen LogP contribution < -0.4 is 11.1 Å². The second-order valence-electron chi connectivity index (χ2n) is 3.91. The molecule has 82 valence electrons. The van der Waals surface area contributed by atoms with Gasteiger partial charge >= 0.3 is 0 Å². The van der Waals surface area contributed by atoms with Crippen LogP contribution in [0.5, 0.6) is 0 Å². The molecule has 1 saturated carbocycles. The van der Waals surface area contributed by atoms with E-state index in [-0.39, 0.29) is 11.3 Å². The summed E-state index contributed by atoms with van der Waals surface area (Å²) in [5, 5.41) is 3.58. The molecular formula is C10H15ClN4. The topological polar surface area (TPSA) is 63.8 Å². The first-order valence-electron chi connectivity index (χ1n) is 5.26. The first kappa shape index (κ1) is 10.6. The molecule has 0 unspecified atom stereocenters. The molecular weight excluding hydrogens is 212 g/mol. The molecule has 1 aromatic heterocycles. The van der Waals surface area contributed by atoms with Crippen molar-refractivity contribution in [3.05, 3.63) is 17.5 Å². The maximum Gasteiger partial charge on any atom is 0.224 e. The summed E-state index contributed by atoms with van der Waals surface area (Å²) in [4.78, 5) is 7.92. The molecule has 0 aliphatic heterocycles. The van der Waals surface area contributed by atoms with E-state index in [2.05, 4.69) is 15.3 Å². The van der Waals surface area contributed by atoms with Gasteiger partial charge in [0.25, 0.3) is 0 Å². The maximum atomic E-state index is 6.03. The molecule has 3 N–H and O–H groups in total. The fourth-order valence-corrected chi connectivity index (χ4v) is 2.09. The Hall–Kier alpha value is -0.870. The third-order valence-electron chi connectivity index (χ3n) is 2.78. The van der Waals surface area contributed by atoms with Crippen molar-refractivity contribution in [2.45, 2.75) is 37.8 Å². The van der Waals surface area contributed by atoms with Crippen molar-refractivity contribution in [2.75, 3.05) is 5.32 Å². The van der Waals surface area contributed by atoms with E-state index in [1.807, 2.05) is 6.07 Å². The number of aromatic nitrogens is 2. The maximum absolute atomic E-state index is 6.03. The van der Waals surface area contributed by atoms with Crippen molar-refractivity contribution < 1.29 is 0 Å². The average Bonchev–Trinajstić information content (AvgIpc) is 2.22. The molecule has 0 saturated heterocycles. The highest BCUT2D eigenvalue weighted by molar-refractivity contribution is 6.28. The van der Waals surface area contributed by atoms with Crippen LogP contribution in [0.4, 0.5) is 5.82 Å². The summed E-state index contributed by atoms with van der Waals surface area (Å²) < 4.78 is 0. The van der Waals surface area contributed by atoms with E-state index in [1.54, 1.807) is 6.20 Å². The summed E-state index contributed by atoms with van der Waals surface area (Å²) in [6, 6.07) is 2.34. The van der Waals surface area contributed by atoms with Gasteiger partial charge in [-0.2, -0.15) is 0 Å². The van der Waals surface area contributed by atoms with Crippen LogP contribution in [0.25, 0.3) is 0 Å². The number of halogens is 1.